The lowest BCUT2D eigenvalue weighted by Gasteiger charge is -2.41. The van der Waals surface area contributed by atoms with Crippen LogP contribution in [0.2, 0.25) is 0 Å². The lowest BCUT2D eigenvalue weighted by atomic mass is 9.81. The molecule has 0 unspecified atom stereocenters. The van der Waals surface area contributed by atoms with Gasteiger partial charge in [-0.2, -0.15) is 0 Å². The highest BCUT2D eigenvalue weighted by Gasteiger charge is 2.39. The fourth-order valence-electron chi connectivity index (χ4n) is 5.30. The molecule has 1 amide bonds. The third kappa shape index (κ3) is 5.40. The number of halogens is 1. The van der Waals surface area contributed by atoms with Gasteiger partial charge in [-0.1, -0.05) is 24.3 Å². The summed E-state index contributed by atoms with van der Waals surface area (Å²) in [6.07, 6.45) is 6.91. The van der Waals surface area contributed by atoms with Crippen LogP contribution < -0.4 is 4.74 Å². The highest BCUT2D eigenvalue weighted by atomic mass is 19.1. The van der Waals surface area contributed by atoms with Gasteiger partial charge in [-0.3, -0.25) is 4.79 Å². The summed E-state index contributed by atoms with van der Waals surface area (Å²) in [6, 6.07) is 16.1. The predicted octanol–water partition coefficient (Wildman–Crippen LogP) is 5.57. The van der Waals surface area contributed by atoms with Crippen molar-refractivity contribution in [2.24, 2.45) is 5.92 Å². The maximum Gasteiger partial charge on any atom is 0.253 e. The van der Waals surface area contributed by atoms with Crippen LogP contribution in [0.25, 0.3) is 11.1 Å². The summed E-state index contributed by atoms with van der Waals surface area (Å²) in [5.74, 6) is 1.57. The average molecular weight is 451 g/mol. The van der Waals surface area contributed by atoms with E-state index in [2.05, 4.69) is 17.0 Å². The number of hydrogen-bond donors (Lipinski definition) is 0. The van der Waals surface area contributed by atoms with E-state index in [1.165, 1.54) is 0 Å². The molecule has 5 heteroatoms. The number of rotatable bonds is 7. The Balaban J connectivity index is 1.09. The molecule has 3 fully saturated rings. The van der Waals surface area contributed by atoms with Gasteiger partial charge < -0.3 is 14.5 Å². The van der Waals surface area contributed by atoms with E-state index in [0.717, 1.165) is 100 Å². The number of ether oxygens (including phenoxy) is 1. The van der Waals surface area contributed by atoms with Crippen LogP contribution in [0.15, 0.2) is 48.5 Å². The highest BCUT2D eigenvalue weighted by molar-refractivity contribution is 5.94. The SMILES string of the molecule is O=C(c1ccc(-c2ccc(OCC3CCN(CC4(F)CCC4)CC3)cc2)cc1)N1CCCC1. The summed E-state index contributed by atoms with van der Waals surface area (Å²) in [5.41, 5.74) is 2.08. The number of alkyl halides is 1. The number of nitrogens with zero attached hydrogens (tertiary/aromatic N) is 2. The second kappa shape index (κ2) is 9.84. The van der Waals surface area contributed by atoms with Crippen LogP contribution in [0.5, 0.6) is 5.75 Å². The van der Waals surface area contributed by atoms with Gasteiger partial charge in [0, 0.05) is 25.2 Å². The molecule has 0 aromatic heterocycles. The minimum Gasteiger partial charge on any atom is -0.493 e. The summed E-state index contributed by atoms with van der Waals surface area (Å²) >= 11 is 0. The van der Waals surface area contributed by atoms with Crippen LogP contribution >= 0.6 is 0 Å². The zero-order valence-electron chi connectivity index (χ0n) is 19.5. The average Bonchev–Trinajstić information content (AvgIpc) is 3.38. The third-order valence-corrected chi connectivity index (χ3v) is 7.66. The zero-order valence-corrected chi connectivity index (χ0v) is 19.5. The Labute approximate surface area is 196 Å². The number of carbonyl (C=O) groups is 1. The van der Waals surface area contributed by atoms with Gasteiger partial charge >= 0.3 is 0 Å². The van der Waals surface area contributed by atoms with E-state index in [1.54, 1.807) is 0 Å². The molecule has 1 aliphatic carbocycles. The fraction of sp³-hybridized carbons (Fsp3) is 0.536. The third-order valence-electron chi connectivity index (χ3n) is 7.66. The van der Waals surface area contributed by atoms with E-state index < -0.39 is 5.67 Å². The first kappa shape index (κ1) is 22.4. The number of carbonyl (C=O) groups excluding carboxylic acids is 1. The standard InChI is InChI=1S/C28H35FN2O2/c29-28(14-3-15-28)21-30-18-12-22(13-19-30)20-33-26-10-8-24(9-11-26)23-4-6-25(7-5-23)27(32)31-16-1-2-17-31/h4-11,22H,1-3,12-21H2. The van der Waals surface area contributed by atoms with Crippen LogP contribution in [0.4, 0.5) is 4.39 Å². The molecule has 0 radical (unpaired) electrons. The Kier molecular flexibility index (Phi) is 6.68. The van der Waals surface area contributed by atoms with Gasteiger partial charge in [0.15, 0.2) is 0 Å². The smallest absolute Gasteiger partial charge is 0.253 e. The molecule has 176 valence electrons. The molecular weight excluding hydrogens is 415 g/mol. The van der Waals surface area contributed by atoms with E-state index >= 15 is 0 Å². The number of amides is 1. The molecule has 2 aliphatic heterocycles. The van der Waals surface area contributed by atoms with E-state index in [1.807, 2.05) is 41.3 Å². The first-order chi connectivity index (χ1) is 16.1. The van der Waals surface area contributed by atoms with Crippen molar-refractivity contribution in [3.05, 3.63) is 54.1 Å². The molecule has 2 heterocycles. The summed E-state index contributed by atoms with van der Waals surface area (Å²) < 4.78 is 20.4. The van der Waals surface area contributed by atoms with Crippen LogP contribution in [-0.2, 0) is 0 Å². The maximum absolute atomic E-state index is 14.3. The largest absolute Gasteiger partial charge is 0.493 e. The molecular formula is C28H35FN2O2. The summed E-state index contributed by atoms with van der Waals surface area (Å²) in [6.45, 7) is 5.05. The molecule has 2 aromatic carbocycles. The predicted molar refractivity (Wildman–Crippen MR) is 129 cm³/mol. The first-order valence-electron chi connectivity index (χ1n) is 12.6. The fourth-order valence-corrected chi connectivity index (χ4v) is 5.30. The van der Waals surface area contributed by atoms with Crippen molar-refractivity contribution in [1.82, 2.24) is 9.80 Å². The van der Waals surface area contributed by atoms with Gasteiger partial charge in [0.1, 0.15) is 11.4 Å². The van der Waals surface area contributed by atoms with Crippen molar-refractivity contribution in [3.63, 3.8) is 0 Å². The molecule has 0 spiro atoms. The minimum atomic E-state index is -0.908. The van der Waals surface area contributed by atoms with E-state index in [4.69, 9.17) is 4.74 Å². The molecule has 5 rings (SSSR count). The van der Waals surface area contributed by atoms with Crippen molar-refractivity contribution >= 4 is 5.91 Å². The molecule has 2 aromatic rings. The van der Waals surface area contributed by atoms with Gasteiger partial charge in [0.05, 0.1) is 6.61 Å². The Hall–Kier alpha value is -2.40. The number of benzene rings is 2. The molecule has 4 nitrogen and oxygen atoms in total. The first-order valence-corrected chi connectivity index (χ1v) is 12.6. The molecule has 0 N–H and O–H groups in total. The van der Waals surface area contributed by atoms with Gasteiger partial charge in [-0.05, 0) is 99.3 Å². The minimum absolute atomic E-state index is 0.140. The van der Waals surface area contributed by atoms with Crippen LogP contribution in [0.3, 0.4) is 0 Å². The Bertz CT molecular complexity index is 925. The summed E-state index contributed by atoms with van der Waals surface area (Å²) in [7, 11) is 0. The maximum atomic E-state index is 14.3. The summed E-state index contributed by atoms with van der Waals surface area (Å²) in [4.78, 5) is 16.8. The van der Waals surface area contributed by atoms with Gasteiger partial charge in [0.25, 0.3) is 5.91 Å². The number of piperidine rings is 1. The van der Waals surface area contributed by atoms with E-state index in [0.29, 0.717) is 12.5 Å². The normalized spacial score (nSPS) is 21.1. The van der Waals surface area contributed by atoms with Gasteiger partial charge in [-0.25, -0.2) is 4.39 Å². The zero-order chi connectivity index (χ0) is 22.7. The quantitative estimate of drug-likeness (QED) is 0.553. The topological polar surface area (TPSA) is 32.8 Å². The van der Waals surface area contributed by atoms with Crippen molar-refractivity contribution in [2.75, 3.05) is 39.3 Å². The Morgan fingerprint density at radius 2 is 1.48 bits per heavy atom. The molecule has 1 saturated carbocycles. The lowest BCUT2D eigenvalue weighted by molar-refractivity contribution is 0.00740. The number of hydrogen-bond acceptors (Lipinski definition) is 3. The van der Waals surface area contributed by atoms with Crippen molar-refractivity contribution in [1.29, 1.82) is 0 Å². The Morgan fingerprint density at radius 1 is 0.879 bits per heavy atom. The van der Waals surface area contributed by atoms with E-state index in [-0.39, 0.29) is 5.91 Å². The highest BCUT2D eigenvalue weighted by Crippen LogP contribution is 2.37. The molecule has 33 heavy (non-hydrogen) atoms. The second-order valence-corrected chi connectivity index (χ2v) is 10.1. The second-order valence-electron chi connectivity index (χ2n) is 10.1. The van der Waals surface area contributed by atoms with Gasteiger partial charge in [-0.15, -0.1) is 0 Å². The summed E-state index contributed by atoms with van der Waals surface area (Å²) in [5, 5.41) is 0. The molecule has 2 saturated heterocycles. The van der Waals surface area contributed by atoms with Crippen molar-refractivity contribution < 1.29 is 13.9 Å². The molecule has 0 atom stereocenters. The number of likely N-dealkylation sites (tertiary alicyclic amines) is 2. The van der Waals surface area contributed by atoms with Crippen LogP contribution in [0, 0.1) is 5.92 Å². The van der Waals surface area contributed by atoms with E-state index in [9.17, 15) is 9.18 Å². The van der Waals surface area contributed by atoms with Crippen molar-refractivity contribution in [2.45, 2.75) is 50.6 Å². The van der Waals surface area contributed by atoms with Gasteiger partial charge in [0.2, 0.25) is 0 Å². The molecule has 3 aliphatic rings. The van der Waals surface area contributed by atoms with Crippen LogP contribution in [-0.4, -0.2) is 60.7 Å². The Morgan fingerprint density at radius 3 is 2.06 bits per heavy atom. The monoisotopic (exact) mass is 450 g/mol. The molecule has 0 bridgehead atoms. The van der Waals surface area contributed by atoms with Crippen LogP contribution in [0.1, 0.15) is 55.3 Å². The lowest BCUT2D eigenvalue weighted by Crippen LogP contribution is -2.47. The van der Waals surface area contributed by atoms with Crippen molar-refractivity contribution in [3.8, 4) is 16.9 Å².